The zero-order chi connectivity index (χ0) is 14.2. The summed E-state index contributed by atoms with van der Waals surface area (Å²) in [5, 5.41) is 7.64. The lowest BCUT2D eigenvalue weighted by molar-refractivity contribution is 0.0602. The molecule has 0 saturated heterocycles. The standard InChI is InChI=1S/C14H18N4O2/c1-14(4-3-5-14)16-7-10-6-11(13(19)20-2)12-15-9-17-18(12)8-10/h6,8-9,16H,3-5,7H2,1-2H3. The van der Waals surface area contributed by atoms with Gasteiger partial charge in [0.25, 0.3) is 0 Å². The van der Waals surface area contributed by atoms with E-state index < -0.39 is 0 Å². The Bertz CT molecular complexity index is 646. The van der Waals surface area contributed by atoms with Crippen LogP contribution >= 0.6 is 0 Å². The Morgan fingerprint density at radius 3 is 3.00 bits per heavy atom. The number of hydrogen-bond acceptors (Lipinski definition) is 5. The largest absolute Gasteiger partial charge is 0.465 e. The number of carbonyl (C=O) groups excluding carboxylic acids is 1. The van der Waals surface area contributed by atoms with Crippen molar-refractivity contribution in [3.63, 3.8) is 0 Å². The number of esters is 1. The van der Waals surface area contributed by atoms with E-state index in [1.54, 1.807) is 4.52 Å². The van der Waals surface area contributed by atoms with Crippen molar-refractivity contribution in [1.82, 2.24) is 19.9 Å². The molecule has 1 aliphatic rings. The van der Waals surface area contributed by atoms with Crippen molar-refractivity contribution in [2.75, 3.05) is 7.11 Å². The summed E-state index contributed by atoms with van der Waals surface area (Å²) in [7, 11) is 1.37. The van der Waals surface area contributed by atoms with Gasteiger partial charge in [0.1, 0.15) is 11.9 Å². The second-order valence-corrected chi connectivity index (χ2v) is 5.55. The average molecular weight is 274 g/mol. The zero-order valence-corrected chi connectivity index (χ0v) is 11.7. The van der Waals surface area contributed by atoms with Gasteiger partial charge < -0.3 is 10.1 Å². The highest BCUT2D eigenvalue weighted by molar-refractivity contribution is 5.95. The minimum atomic E-state index is -0.389. The Morgan fingerprint density at radius 1 is 1.55 bits per heavy atom. The number of fused-ring (bicyclic) bond motifs is 1. The molecule has 1 N–H and O–H groups in total. The molecule has 1 saturated carbocycles. The van der Waals surface area contributed by atoms with Crippen LogP contribution in [0.5, 0.6) is 0 Å². The predicted molar refractivity (Wildman–Crippen MR) is 73.4 cm³/mol. The average Bonchev–Trinajstić information content (AvgIpc) is 2.89. The molecule has 0 unspecified atom stereocenters. The Labute approximate surface area is 117 Å². The van der Waals surface area contributed by atoms with E-state index in [0.29, 0.717) is 17.8 Å². The first-order chi connectivity index (χ1) is 9.61. The van der Waals surface area contributed by atoms with Crippen LogP contribution in [0.25, 0.3) is 5.65 Å². The molecule has 2 aromatic heterocycles. The van der Waals surface area contributed by atoms with Crippen molar-refractivity contribution >= 4 is 11.6 Å². The Hall–Kier alpha value is -1.95. The lowest BCUT2D eigenvalue weighted by Crippen LogP contribution is -2.47. The van der Waals surface area contributed by atoms with Crippen LogP contribution in [0, 0.1) is 0 Å². The number of methoxy groups -OCH3 is 1. The van der Waals surface area contributed by atoms with E-state index in [1.807, 2.05) is 12.3 Å². The molecule has 0 spiro atoms. The highest BCUT2D eigenvalue weighted by Crippen LogP contribution is 2.31. The molecule has 2 aromatic rings. The van der Waals surface area contributed by atoms with E-state index in [1.165, 1.54) is 32.7 Å². The number of nitrogens with zero attached hydrogens (tertiary/aromatic N) is 3. The maximum atomic E-state index is 11.8. The summed E-state index contributed by atoms with van der Waals surface area (Å²) in [6.07, 6.45) is 7.00. The van der Waals surface area contributed by atoms with Crippen molar-refractivity contribution in [3.8, 4) is 0 Å². The van der Waals surface area contributed by atoms with Crippen LogP contribution in [-0.2, 0) is 11.3 Å². The highest BCUT2D eigenvalue weighted by atomic mass is 16.5. The summed E-state index contributed by atoms with van der Waals surface area (Å²) >= 11 is 0. The fraction of sp³-hybridized carbons (Fsp3) is 0.500. The van der Waals surface area contributed by atoms with E-state index in [-0.39, 0.29) is 11.5 Å². The molecular formula is C14H18N4O2. The van der Waals surface area contributed by atoms with Gasteiger partial charge in [0, 0.05) is 18.3 Å². The molecule has 2 heterocycles. The predicted octanol–water partition coefficient (Wildman–Crippen LogP) is 1.55. The lowest BCUT2D eigenvalue weighted by atomic mass is 9.78. The SMILES string of the molecule is COC(=O)c1cc(CNC2(C)CCC2)cn2ncnc12. The first-order valence-corrected chi connectivity index (χ1v) is 6.77. The molecule has 0 aliphatic heterocycles. The number of rotatable bonds is 4. The summed E-state index contributed by atoms with van der Waals surface area (Å²) in [5.74, 6) is -0.389. The molecule has 3 rings (SSSR count). The van der Waals surface area contributed by atoms with E-state index in [9.17, 15) is 4.79 Å². The van der Waals surface area contributed by atoms with Crippen molar-refractivity contribution in [1.29, 1.82) is 0 Å². The second-order valence-electron chi connectivity index (χ2n) is 5.55. The number of carbonyl (C=O) groups is 1. The van der Waals surface area contributed by atoms with Crippen LogP contribution in [0.15, 0.2) is 18.6 Å². The molecule has 6 nitrogen and oxygen atoms in total. The maximum absolute atomic E-state index is 11.8. The summed E-state index contributed by atoms with van der Waals surface area (Å²) in [6.45, 7) is 2.93. The van der Waals surface area contributed by atoms with Crippen LogP contribution < -0.4 is 5.32 Å². The van der Waals surface area contributed by atoms with Gasteiger partial charge in [-0.3, -0.25) is 0 Å². The number of nitrogens with one attached hydrogen (secondary N) is 1. The van der Waals surface area contributed by atoms with Gasteiger partial charge in [-0.2, -0.15) is 5.10 Å². The molecule has 0 radical (unpaired) electrons. The molecule has 1 aliphatic carbocycles. The van der Waals surface area contributed by atoms with E-state index in [0.717, 1.165) is 5.56 Å². The summed E-state index contributed by atoms with van der Waals surface area (Å²) < 4.78 is 6.42. The van der Waals surface area contributed by atoms with Gasteiger partial charge in [0.15, 0.2) is 5.65 Å². The minimum Gasteiger partial charge on any atom is -0.465 e. The first-order valence-electron chi connectivity index (χ1n) is 6.77. The van der Waals surface area contributed by atoms with E-state index in [2.05, 4.69) is 22.3 Å². The van der Waals surface area contributed by atoms with Crippen molar-refractivity contribution in [3.05, 3.63) is 29.7 Å². The van der Waals surface area contributed by atoms with Crippen LogP contribution in [0.3, 0.4) is 0 Å². The second kappa shape index (κ2) is 4.86. The quantitative estimate of drug-likeness (QED) is 0.857. The first kappa shape index (κ1) is 13.1. The molecule has 0 aromatic carbocycles. The number of ether oxygens (including phenoxy) is 1. The third-order valence-electron chi connectivity index (χ3n) is 4.01. The normalized spacial score (nSPS) is 16.9. The summed E-state index contributed by atoms with van der Waals surface area (Å²) in [5.41, 5.74) is 2.19. The van der Waals surface area contributed by atoms with Crippen LogP contribution in [0.2, 0.25) is 0 Å². The Kier molecular flexibility index (Phi) is 3.17. The fourth-order valence-corrected chi connectivity index (χ4v) is 2.54. The molecule has 0 amide bonds. The van der Waals surface area contributed by atoms with E-state index >= 15 is 0 Å². The molecule has 6 heteroatoms. The van der Waals surface area contributed by atoms with Gasteiger partial charge in [0.2, 0.25) is 0 Å². The molecule has 0 atom stereocenters. The summed E-state index contributed by atoms with van der Waals surface area (Å²) in [4.78, 5) is 15.9. The number of aromatic nitrogens is 3. The number of pyridine rings is 1. The highest BCUT2D eigenvalue weighted by Gasteiger charge is 2.30. The molecule has 0 bridgehead atoms. The maximum Gasteiger partial charge on any atom is 0.341 e. The Balaban J connectivity index is 1.89. The van der Waals surface area contributed by atoms with Crippen LogP contribution in [-0.4, -0.2) is 33.2 Å². The van der Waals surface area contributed by atoms with Gasteiger partial charge >= 0.3 is 5.97 Å². The Morgan fingerprint density at radius 2 is 2.35 bits per heavy atom. The fourth-order valence-electron chi connectivity index (χ4n) is 2.54. The monoisotopic (exact) mass is 274 g/mol. The smallest absolute Gasteiger partial charge is 0.341 e. The van der Waals surface area contributed by atoms with Crippen LogP contribution in [0.4, 0.5) is 0 Å². The third kappa shape index (κ3) is 2.27. The van der Waals surface area contributed by atoms with Crippen molar-refractivity contribution in [2.24, 2.45) is 0 Å². The van der Waals surface area contributed by atoms with Gasteiger partial charge in [-0.1, -0.05) is 0 Å². The molecule has 1 fully saturated rings. The van der Waals surface area contributed by atoms with Gasteiger partial charge in [-0.25, -0.2) is 14.3 Å². The third-order valence-corrected chi connectivity index (χ3v) is 4.01. The van der Waals surface area contributed by atoms with Crippen molar-refractivity contribution in [2.45, 2.75) is 38.3 Å². The van der Waals surface area contributed by atoms with Crippen LogP contribution in [0.1, 0.15) is 42.1 Å². The molecule has 20 heavy (non-hydrogen) atoms. The van der Waals surface area contributed by atoms with Gasteiger partial charge in [-0.05, 0) is 37.8 Å². The zero-order valence-electron chi connectivity index (χ0n) is 11.7. The van der Waals surface area contributed by atoms with Crippen molar-refractivity contribution < 1.29 is 9.53 Å². The lowest BCUT2D eigenvalue weighted by Gasteiger charge is -2.39. The molecular weight excluding hydrogens is 256 g/mol. The number of hydrogen-bond donors (Lipinski definition) is 1. The molecule has 106 valence electrons. The minimum absolute atomic E-state index is 0.225. The van der Waals surface area contributed by atoms with Gasteiger partial charge in [-0.15, -0.1) is 0 Å². The van der Waals surface area contributed by atoms with E-state index in [4.69, 9.17) is 4.74 Å². The topological polar surface area (TPSA) is 68.5 Å². The summed E-state index contributed by atoms with van der Waals surface area (Å²) in [6, 6.07) is 1.82. The van der Waals surface area contributed by atoms with Gasteiger partial charge in [0.05, 0.1) is 7.11 Å².